The molecule has 0 spiro atoms. The van der Waals surface area contributed by atoms with Gasteiger partial charge in [0.1, 0.15) is 23.1 Å². The third-order valence-corrected chi connectivity index (χ3v) is 5.07. The molecular weight excluding hydrogens is 401 g/mol. The monoisotopic (exact) mass is 421 g/mol. The fourth-order valence-corrected chi connectivity index (χ4v) is 3.64. The number of hydrogen-bond donors (Lipinski definition) is 1. The minimum absolute atomic E-state index is 0.0275. The zero-order chi connectivity index (χ0) is 22.0. The normalized spacial score (nSPS) is 17.9. The number of carbonyl (C=O) groups is 2. The van der Waals surface area contributed by atoms with E-state index < -0.39 is 23.5 Å². The van der Waals surface area contributed by atoms with E-state index in [1.165, 1.54) is 35.4 Å². The van der Waals surface area contributed by atoms with Gasteiger partial charge in [0.15, 0.2) is 0 Å². The quantitative estimate of drug-likeness (QED) is 0.362. The van der Waals surface area contributed by atoms with Crippen LogP contribution in [0.5, 0.6) is 5.75 Å². The summed E-state index contributed by atoms with van der Waals surface area (Å²) >= 11 is 0. The van der Waals surface area contributed by atoms with Gasteiger partial charge in [-0.05, 0) is 61.0 Å². The van der Waals surface area contributed by atoms with Gasteiger partial charge in [-0.25, -0.2) is 4.39 Å². The SMILES string of the molecule is CCOc1ccc(/C(O)=C2/C(=O)C(=O)N(Cc3ccco3)C2c2ccc(F)cc2)cc1. The predicted octanol–water partition coefficient (Wildman–Crippen LogP) is 4.44. The van der Waals surface area contributed by atoms with Crippen LogP contribution in [0.3, 0.4) is 0 Å². The van der Waals surface area contributed by atoms with Gasteiger partial charge in [-0.3, -0.25) is 9.59 Å². The Labute approximate surface area is 178 Å². The fourth-order valence-electron chi connectivity index (χ4n) is 3.64. The van der Waals surface area contributed by atoms with Crippen LogP contribution >= 0.6 is 0 Å². The van der Waals surface area contributed by atoms with Crippen molar-refractivity contribution in [3.8, 4) is 5.75 Å². The first-order chi connectivity index (χ1) is 15.0. The first-order valence-electron chi connectivity index (χ1n) is 9.79. The summed E-state index contributed by atoms with van der Waals surface area (Å²) in [5, 5.41) is 11.0. The maximum absolute atomic E-state index is 13.5. The summed E-state index contributed by atoms with van der Waals surface area (Å²) in [5.41, 5.74) is 0.804. The molecule has 2 heterocycles. The number of amides is 1. The lowest BCUT2D eigenvalue weighted by molar-refractivity contribution is -0.140. The number of halogens is 1. The van der Waals surface area contributed by atoms with E-state index in [0.29, 0.717) is 29.2 Å². The molecule has 2 aromatic carbocycles. The maximum Gasteiger partial charge on any atom is 0.296 e. The van der Waals surface area contributed by atoms with Crippen LogP contribution in [0.25, 0.3) is 5.76 Å². The van der Waals surface area contributed by atoms with Gasteiger partial charge in [-0.15, -0.1) is 0 Å². The number of hydrogen-bond acceptors (Lipinski definition) is 5. The van der Waals surface area contributed by atoms with Crippen molar-refractivity contribution >= 4 is 17.4 Å². The third kappa shape index (κ3) is 3.94. The van der Waals surface area contributed by atoms with Crippen molar-refractivity contribution in [3.05, 3.63) is 95.2 Å². The van der Waals surface area contributed by atoms with Crippen molar-refractivity contribution in [1.82, 2.24) is 4.90 Å². The highest BCUT2D eigenvalue weighted by Crippen LogP contribution is 2.40. The molecule has 1 aliphatic rings. The number of likely N-dealkylation sites (tertiary alicyclic amines) is 1. The molecule has 0 saturated carbocycles. The van der Waals surface area contributed by atoms with E-state index in [1.54, 1.807) is 36.4 Å². The largest absolute Gasteiger partial charge is 0.507 e. The van der Waals surface area contributed by atoms with Crippen LogP contribution in [0.2, 0.25) is 0 Å². The summed E-state index contributed by atoms with van der Waals surface area (Å²) in [6.07, 6.45) is 1.47. The van der Waals surface area contributed by atoms with Crippen molar-refractivity contribution in [2.24, 2.45) is 0 Å². The Balaban J connectivity index is 1.81. The van der Waals surface area contributed by atoms with Crippen LogP contribution in [-0.4, -0.2) is 28.3 Å². The third-order valence-electron chi connectivity index (χ3n) is 5.07. The lowest BCUT2D eigenvalue weighted by Crippen LogP contribution is -2.29. The lowest BCUT2D eigenvalue weighted by atomic mass is 9.95. The molecule has 1 N–H and O–H groups in total. The van der Waals surface area contributed by atoms with Crippen LogP contribution in [0, 0.1) is 5.82 Å². The molecule has 0 aliphatic carbocycles. The highest BCUT2D eigenvalue weighted by molar-refractivity contribution is 6.46. The highest BCUT2D eigenvalue weighted by Gasteiger charge is 2.46. The van der Waals surface area contributed by atoms with Crippen molar-refractivity contribution < 1.29 is 28.2 Å². The fraction of sp³-hybridized carbons (Fsp3) is 0.167. The molecular formula is C24H20FNO5. The Kier molecular flexibility index (Phi) is 5.58. The second kappa shape index (κ2) is 8.47. The average Bonchev–Trinajstić information content (AvgIpc) is 3.37. The van der Waals surface area contributed by atoms with Gasteiger partial charge >= 0.3 is 0 Å². The number of ether oxygens (including phenoxy) is 1. The van der Waals surface area contributed by atoms with E-state index in [1.807, 2.05) is 6.92 Å². The van der Waals surface area contributed by atoms with E-state index >= 15 is 0 Å². The number of aliphatic hydroxyl groups excluding tert-OH is 1. The Bertz CT molecular complexity index is 1120. The number of carbonyl (C=O) groups excluding carboxylic acids is 2. The van der Waals surface area contributed by atoms with Gasteiger partial charge in [-0.2, -0.15) is 0 Å². The molecule has 1 unspecified atom stereocenters. The standard InChI is InChI=1S/C24H20FNO5/c1-2-30-18-11-7-16(8-12-18)22(27)20-21(15-5-9-17(25)10-6-15)26(24(29)23(20)28)14-19-4-3-13-31-19/h3-13,21,27H,2,14H2,1H3/b22-20-. The van der Waals surface area contributed by atoms with Crippen molar-refractivity contribution in [3.63, 3.8) is 0 Å². The van der Waals surface area contributed by atoms with Gasteiger partial charge in [0, 0.05) is 5.56 Å². The smallest absolute Gasteiger partial charge is 0.296 e. The molecule has 1 saturated heterocycles. The van der Waals surface area contributed by atoms with Crippen LogP contribution < -0.4 is 4.74 Å². The topological polar surface area (TPSA) is 80.0 Å². The summed E-state index contributed by atoms with van der Waals surface area (Å²) in [6, 6.07) is 14.5. The summed E-state index contributed by atoms with van der Waals surface area (Å²) in [4.78, 5) is 27.1. The van der Waals surface area contributed by atoms with Gasteiger partial charge in [-0.1, -0.05) is 12.1 Å². The Morgan fingerprint density at radius 1 is 1.10 bits per heavy atom. The number of nitrogens with zero attached hydrogens (tertiary/aromatic N) is 1. The van der Waals surface area contributed by atoms with Crippen molar-refractivity contribution in [2.45, 2.75) is 19.5 Å². The average molecular weight is 421 g/mol. The molecule has 1 aromatic heterocycles. The summed E-state index contributed by atoms with van der Waals surface area (Å²) in [5.74, 6) is -1.23. The molecule has 1 amide bonds. The number of Topliss-reactive ketones (excluding diaryl/α,β-unsaturated/α-hetero) is 1. The second-order valence-electron chi connectivity index (χ2n) is 7.02. The molecule has 1 atom stereocenters. The zero-order valence-electron chi connectivity index (χ0n) is 16.7. The van der Waals surface area contributed by atoms with Gasteiger partial charge in [0.05, 0.1) is 31.0 Å². The maximum atomic E-state index is 13.5. The van der Waals surface area contributed by atoms with Crippen LogP contribution in [0.1, 0.15) is 29.9 Å². The van der Waals surface area contributed by atoms with E-state index in [9.17, 15) is 19.1 Å². The number of rotatable bonds is 6. The molecule has 0 bridgehead atoms. The summed E-state index contributed by atoms with van der Waals surface area (Å²) in [7, 11) is 0. The van der Waals surface area contributed by atoms with Crippen LogP contribution in [0.4, 0.5) is 4.39 Å². The van der Waals surface area contributed by atoms with Gasteiger partial charge < -0.3 is 19.2 Å². The van der Waals surface area contributed by atoms with E-state index in [-0.39, 0.29) is 17.9 Å². The van der Waals surface area contributed by atoms with E-state index in [4.69, 9.17) is 9.15 Å². The first-order valence-corrected chi connectivity index (χ1v) is 9.79. The molecule has 31 heavy (non-hydrogen) atoms. The molecule has 1 fully saturated rings. The first kappa shape index (κ1) is 20.4. The van der Waals surface area contributed by atoms with E-state index in [0.717, 1.165) is 0 Å². The number of benzene rings is 2. The minimum Gasteiger partial charge on any atom is -0.507 e. The van der Waals surface area contributed by atoms with Crippen molar-refractivity contribution in [1.29, 1.82) is 0 Å². The molecule has 0 radical (unpaired) electrons. The Morgan fingerprint density at radius 2 is 1.81 bits per heavy atom. The Hall–Kier alpha value is -3.87. The van der Waals surface area contributed by atoms with Crippen molar-refractivity contribution in [2.75, 3.05) is 6.61 Å². The number of ketones is 1. The minimum atomic E-state index is -0.891. The summed E-state index contributed by atoms with van der Waals surface area (Å²) < 4.78 is 24.3. The predicted molar refractivity (Wildman–Crippen MR) is 111 cm³/mol. The molecule has 3 aromatic rings. The summed E-state index contributed by atoms with van der Waals surface area (Å²) in [6.45, 7) is 2.38. The van der Waals surface area contributed by atoms with Crippen LogP contribution in [0.15, 0.2) is 76.9 Å². The number of furan rings is 1. The second-order valence-corrected chi connectivity index (χ2v) is 7.02. The van der Waals surface area contributed by atoms with E-state index in [2.05, 4.69) is 0 Å². The molecule has 158 valence electrons. The lowest BCUT2D eigenvalue weighted by Gasteiger charge is -2.24. The molecule has 4 rings (SSSR count). The zero-order valence-corrected chi connectivity index (χ0v) is 16.7. The van der Waals surface area contributed by atoms with Gasteiger partial charge in [0.2, 0.25) is 0 Å². The number of aliphatic hydroxyl groups is 1. The molecule has 6 nitrogen and oxygen atoms in total. The van der Waals surface area contributed by atoms with Gasteiger partial charge in [0.25, 0.3) is 11.7 Å². The highest BCUT2D eigenvalue weighted by atomic mass is 19.1. The van der Waals surface area contributed by atoms with Crippen LogP contribution in [-0.2, 0) is 16.1 Å². The molecule has 1 aliphatic heterocycles. The Morgan fingerprint density at radius 3 is 2.42 bits per heavy atom. The molecule has 7 heteroatoms.